The van der Waals surface area contributed by atoms with Crippen molar-refractivity contribution in [1.82, 2.24) is 9.47 Å². The van der Waals surface area contributed by atoms with Gasteiger partial charge in [0.2, 0.25) is 0 Å². The fourth-order valence-corrected chi connectivity index (χ4v) is 6.12. The largest absolute Gasteiger partial charge is 0.366 e. The Balaban J connectivity index is 1.79. The van der Waals surface area contributed by atoms with E-state index in [2.05, 4.69) is 11.0 Å². The highest BCUT2D eigenvalue weighted by Gasteiger charge is 2.33. The quantitative estimate of drug-likeness (QED) is 0.379. The van der Waals surface area contributed by atoms with Crippen LogP contribution < -0.4 is 15.4 Å². The highest BCUT2D eigenvalue weighted by atomic mass is 32.2. The number of anilines is 2. The van der Waals surface area contributed by atoms with Crippen molar-refractivity contribution < 1.29 is 9.18 Å². The first-order valence-electron chi connectivity index (χ1n) is 12.5. The van der Waals surface area contributed by atoms with E-state index in [1.807, 2.05) is 24.8 Å². The molecule has 0 saturated carbocycles. The van der Waals surface area contributed by atoms with Gasteiger partial charge in [0.25, 0.3) is 11.5 Å². The molecule has 2 fully saturated rings. The van der Waals surface area contributed by atoms with E-state index in [1.54, 1.807) is 34.6 Å². The van der Waals surface area contributed by atoms with Crippen LogP contribution in [0.25, 0.3) is 6.08 Å². The number of hydrogen-bond donors (Lipinski definition) is 0. The van der Waals surface area contributed by atoms with Gasteiger partial charge in [0, 0.05) is 44.8 Å². The molecule has 1 aromatic heterocycles. The molecule has 1 amide bonds. The highest BCUT2D eigenvalue weighted by molar-refractivity contribution is 8.26. The number of nitrogens with zero attached hydrogens (tertiary/aromatic N) is 5. The number of amides is 1. The van der Waals surface area contributed by atoms with Gasteiger partial charge in [-0.25, -0.2) is 4.39 Å². The first-order chi connectivity index (χ1) is 17.8. The van der Waals surface area contributed by atoms with Crippen LogP contribution in [0.5, 0.6) is 0 Å². The van der Waals surface area contributed by atoms with Gasteiger partial charge in [-0.15, -0.1) is 0 Å². The summed E-state index contributed by atoms with van der Waals surface area (Å²) in [7, 11) is 0. The summed E-state index contributed by atoms with van der Waals surface area (Å²) < 4.78 is 16.6. The minimum atomic E-state index is -0.330. The fourth-order valence-electron chi connectivity index (χ4n) is 4.83. The van der Waals surface area contributed by atoms with Crippen LogP contribution in [0.1, 0.15) is 43.4 Å². The predicted octanol–water partition coefficient (Wildman–Crippen LogP) is 4.52. The SMILES string of the molecule is CCCN1C(=O)/C(=C/c2c(C)c(C#N)c(=O)n(CCC)c2N2CCN(c3ccccc3F)CC2)SC1=S. The van der Waals surface area contributed by atoms with Crippen molar-refractivity contribution >= 4 is 51.8 Å². The Kier molecular flexibility index (Phi) is 8.35. The lowest BCUT2D eigenvalue weighted by atomic mass is 10.0. The molecule has 2 aliphatic heterocycles. The molecule has 194 valence electrons. The number of thioether (sulfide) groups is 1. The van der Waals surface area contributed by atoms with E-state index in [1.165, 1.54) is 17.8 Å². The molecule has 2 aliphatic rings. The smallest absolute Gasteiger partial charge is 0.270 e. The summed E-state index contributed by atoms with van der Waals surface area (Å²) in [6, 6.07) is 8.80. The van der Waals surface area contributed by atoms with Crippen molar-refractivity contribution in [2.45, 2.75) is 40.2 Å². The number of thiocarbonyl (C=S) groups is 1. The Morgan fingerprint density at radius 3 is 2.35 bits per heavy atom. The van der Waals surface area contributed by atoms with Crippen LogP contribution in [0.3, 0.4) is 0 Å². The summed E-state index contributed by atoms with van der Waals surface area (Å²) in [6.07, 6.45) is 3.28. The molecule has 2 saturated heterocycles. The standard InChI is InChI=1S/C27H30FN5O2S2/c1-4-10-32-24(31-14-12-30(13-15-31)22-9-7-6-8-21(22)28)19(18(3)20(17-29)25(32)34)16-23-26(35)33(11-5-2)27(36)37-23/h6-9,16H,4-5,10-15H2,1-3H3/b23-16-. The minimum absolute atomic E-state index is 0.0810. The van der Waals surface area contributed by atoms with Gasteiger partial charge in [0.1, 0.15) is 27.6 Å². The second-order valence-electron chi connectivity index (χ2n) is 9.06. The van der Waals surface area contributed by atoms with Gasteiger partial charge in [0.15, 0.2) is 0 Å². The van der Waals surface area contributed by atoms with Crippen molar-refractivity contribution in [3.63, 3.8) is 0 Å². The summed E-state index contributed by atoms with van der Waals surface area (Å²) in [5.74, 6) is 0.276. The fraction of sp³-hybridized carbons (Fsp3) is 0.407. The van der Waals surface area contributed by atoms with E-state index in [0.717, 1.165) is 6.42 Å². The zero-order valence-electron chi connectivity index (χ0n) is 21.3. The van der Waals surface area contributed by atoms with Gasteiger partial charge in [-0.2, -0.15) is 5.26 Å². The van der Waals surface area contributed by atoms with E-state index < -0.39 is 0 Å². The summed E-state index contributed by atoms with van der Waals surface area (Å²) in [5.41, 5.74) is 1.54. The Hall–Kier alpha value is -3.16. The summed E-state index contributed by atoms with van der Waals surface area (Å²) in [5, 5.41) is 9.83. The zero-order valence-corrected chi connectivity index (χ0v) is 22.9. The van der Waals surface area contributed by atoms with Gasteiger partial charge in [-0.1, -0.05) is 50.0 Å². The Labute approximate surface area is 226 Å². The van der Waals surface area contributed by atoms with Gasteiger partial charge in [-0.05, 0) is 43.5 Å². The lowest BCUT2D eigenvalue weighted by Gasteiger charge is -2.39. The summed E-state index contributed by atoms with van der Waals surface area (Å²) >= 11 is 6.69. The van der Waals surface area contributed by atoms with Crippen LogP contribution in [-0.2, 0) is 11.3 Å². The molecule has 3 heterocycles. The van der Waals surface area contributed by atoms with Crippen LogP contribution in [-0.4, -0.2) is 52.4 Å². The van der Waals surface area contributed by atoms with E-state index in [0.29, 0.717) is 77.5 Å². The van der Waals surface area contributed by atoms with Crippen LogP contribution >= 0.6 is 24.0 Å². The molecule has 7 nitrogen and oxygen atoms in total. The maximum atomic E-state index is 14.4. The Morgan fingerprint density at radius 1 is 1.08 bits per heavy atom. The number of nitriles is 1. The lowest BCUT2D eigenvalue weighted by molar-refractivity contribution is -0.122. The number of hydrogen-bond acceptors (Lipinski definition) is 7. The normalized spacial score (nSPS) is 17.2. The van der Waals surface area contributed by atoms with Crippen molar-refractivity contribution in [1.29, 1.82) is 5.26 Å². The van der Waals surface area contributed by atoms with Crippen molar-refractivity contribution in [2.75, 3.05) is 42.5 Å². The number of para-hydroxylation sites is 1. The molecule has 0 spiro atoms. The molecule has 0 unspecified atom stereocenters. The lowest BCUT2D eigenvalue weighted by Crippen LogP contribution is -2.49. The van der Waals surface area contributed by atoms with E-state index in [9.17, 15) is 19.2 Å². The van der Waals surface area contributed by atoms with Gasteiger partial charge < -0.3 is 9.80 Å². The van der Waals surface area contributed by atoms with Crippen LogP contribution in [0.4, 0.5) is 15.9 Å². The first-order valence-corrected chi connectivity index (χ1v) is 13.7. The molecular weight excluding hydrogens is 509 g/mol. The molecule has 0 bridgehead atoms. The van der Waals surface area contributed by atoms with Crippen LogP contribution in [0.2, 0.25) is 0 Å². The molecule has 10 heteroatoms. The number of aromatic nitrogens is 1. The predicted molar refractivity (Wildman–Crippen MR) is 151 cm³/mol. The second-order valence-corrected chi connectivity index (χ2v) is 10.7. The maximum absolute atomic E-state index is 14.4. The van der Waals surface area contributed by atoms with Crippen LogP contribution in [0.15, 0.2) is 34.0 Å². The van der Waals surface area contributed by atoms with Crippen molar-refractivity contribution in [3.05, 3.63) is 62.0 Å². The molecular formula is C27H30FN5O2S2. The number of benzene rings is 1. The maximum Gasteiger partial charge on any atom is 0.270 e. The number of pyridine rings is 1. The Morgan fingerprint density at radius 2 is 1.73 bits per heavy atom. The van der Waals surface area contributed by atoms with Gasteiger partial charge >= 0.3 is 0 Å². The van der Waals surface area contributed by atoms with Gasteiger partial charge in [0.05, 0.1) is 10.6 Å². The third-order valence-corrected chi connectivity index (χ3v) is 8.04. The molecule has 37 heavy (non-hydrogen) atoms. The molecule has 0 aliphatic carbocycles. The number of piperazine rings is 1. The van der Waals surface area contributed by atoms with Crippen molar-refractivity contribution in [2.24, 2.45) is 0 Å². The summed E-state index contributed by atoms with van der Waals surface area (Å²) in [4.78, 5) is 32.7. The van der Waals surface area contributed by atoms with E-state index in [4.69, 9.17) is 12.2 Å². The highest BCUT2D eigenvalue weighted by Crippen LogP contribution is 2.36. The number of carbonyl (C=O) groups excluding carboxylic acids is 1. The topological polar surface area (TPSA) is 72.6 Å². The zero-order chi connectivity index (χ0) is 26.7. The second kappa shape index (κ2) is 11.5. The monoisotopic (exact) mass is 539 g/mol. The van der Waals surface area contributed by atoms with E-state index in [-0.39, 0.29) is 22.8 Å². The van der Waals surface area contributed by atoms with Crippen molar-refractivity contribution in [3.8, 4) is 6.07 Å². The number of halogens is 1. The third kappa shape index (κ3) is 5.15. The summed E-state index contributed by atoms with van der Waals surface area (Å²) in [6.45, 7) is 8.96. The van der Waals surface area contributed by atoms with Gasteiger partial charge in [-0.3, -0.25) is 19.1 Å². The van der Waals surface area contributed by atoms with Crippen LogP contribution in [0, 0.1) is 24.1 Å². The average molecular weight is 540 g/mol. The molecule has 4 rings (SSSR count). The molecule has 1 aromatic carbocycles. The first kappa shape index (κ1) is 26.9. The molecule has 0 radical (unpaired) electrons. The molecule has 0 atom stereocenters. The molecule has 0 N–H and O–H groups in total. The van der Waals surface area contributed by atoms with E-state index >= 15 is 0 Å². The number of carbonyl (C=O) groups is 1. The Bertz CT molecular complexity index is 1360. The third-order valence-electron chi connectivity index (χ3n) is 6.66. The number of rotatable bonds is 7. The minimum Gasteiger partial charge on any atom is -0.366 e. The average Bonchev–Trinajstić information content (AvgIpc) is 3.15. The molecule has 2 aromatic rings.